The predicted molar refractivity (Wildman–Crippen MR) is 142 cm³/mol. The fourth-order valence-corrected chi connectivity index (χ4v) is 4.46. The highest BCUT2D eigenvalue weighted by Gasteiger charge is 2.05. The lowest BCUT2D eigenvalue weighted by molar-refractivity contribution is 0.635. The van der Waals surface area contributed by atoms with E-state index in [1.807, 2.05) is 0 Å². The Labute approximate surface area is 197 Å². The molecule has 4 aromatic rings. The SMILES string of the molecule is Cc1ccc2nc(C)cc(NCCCCCCCNc3cc(C)nc4ccc(C)cc34)c2c1. The normalized spacial score (nSPS) is 11.3. The van der Waals surface area contributed by atoms with Crippen molar-refractivity contribution in [1.29, 1.82) is 0 Å². The van der Waals surface area contributed by atoms with Crippen molar-refractivity contribution in [3.8, 4) is 0 Å². The third-order valence-electron chi connectivity index (χ3n) is 6.17. The summed E-state index contributed by atoms with van der Waals surface area (Å²) in [6, 6.07) is 17.3. The number of hydrogen-bond donors (Lipinski definition) is 2. The van der Waals surface area contributed by atoms with Crippen LogP contribution in [0.25, 0.3) is 21.8 Å². The zero-order valence-electron chi connectivity index (χ0n) is 20.5. The highest BCUT2D eigenvalue weighted by atomic mass is 14.9. The molecular weight excluding hydrogens is 404 g/mol. The molecule has 0 saturated carbocycles. The van der Waals surface area contributed by atoms with Gasteiger partial charge in [0.1, 0.15) is 0 Å². The van der Waals surface area contributed by atoms with E-state index in [9.17, 15) is 0 Å². The summed E-state index contributed by atoms with van der Waals surface area (Å²) < 4.78 is 0. The minimum absolute atomic E-state index is 1.01. The van der Waals surface area contributed by atoms with E-state index in [-0.39, 0.29) is 0 Å². The summed E-state index contributed by atoms with van der Waals surface area (Å²) >= 11 is 0. The molecule has 0 spiro atoms. The number of benzene rings is 2. The highest BCUT2D eigenvalue weighted by Crippen LogP contribution is 2.25. The van der Waals surface area contributed by atoms with Crippen molar-refractivity contribution in [3.63, 3.8) is 0 Å². The van der Waals surface area contributed by atoms with Crippen LogP contribution in [-0.4, -0.2) is 23.1 Å². The molecule has 2 heterocycles. The fraction of sp³-hybridized carbons (Fsp3) is 0.379. The molecule has 2 aromatic heterocycles. The molecular formula is C29H36N4. The molecule has 0 fully saturated rings. The standard InChI is InChI=1S/C29H36N4/c1-20-10-12-26-24(16-20)28(18-22(3)32-26)30-14-8-6-5-7-9-15-31-29-19-23(4)33-27-13-11-21(2)17-25(27)29/h10-13,16-19H,5-9,14-15H2,1-4H3,(H,30,32)(H,31,33). The van der Waals surface area contributed by atoms with Crippen LogP contribution in [0.2, 0.25) is 0 Å². The van der Waals surface area contributed by atoms with Crippen LogP contribution in [-0.2, 0) is 0 Å². The first-order valence-electron chi connectivity index (χ1n) is 12.2. The van der Waals surface area contributed by atoms with E-state index < -0.39 is 0 Å². The molecule has 0 atom stereocenters. The Bertz CT molecular complexity index is 1150. The van der Waals surface area contributed by atoms with Crippen molar-refractivity contribution in [2.24, 2.45) is 0 Å². The van der Waals surface area contributed by atoms with Gasteiger partial charge in [0.2, 0.25) is 0 Å². The smallest absolute Gasteiger partial charge is 0.0726 e. The second-order valence-corrected chi connectivity index (χ2v) is 9.28. The Morgan fingerprint density at radius 2 is 0.970 bits per heavy atom. The van der Waals surface area contributed by atoms with Gasteiger partial charge in [-0.25, -0.2) is 0 Å². The molecule has 0 radical (unpaired) electrons. The largest absolute Gasteiger partial charge is 0.384 e. The second-order valence-electron chi connectivity index (χ2n) is 9.28. The zero-order valence-corrected chi connectivity index (χ0v) is 20.5. The average Bonchev–Trinajstić information content (AvgIpc) is 2.78. The van der Waals surface area contributed by atoms with Crippen LogP contribution in [0, 0.1) is 27.7 Å². The minimum Gasteiger partial charge on any atom is -0.384 e. The van der Waals surface area contributed by atoms with Gasteiger partial charge in [-0.1, -0.05) is 42.5 Å². The van der Waals surface area contributed by atoms with Gasteiger partial charge in [0.05, 0.1) is 11.0 Å². The number of nitrogens with one attached hydrogen (secondary N) is 2. The van der Waals surface area contributed by atoms with Crippen LogP contribution in [0.1, 0.15) is 54.6 Å². The molecule has 172 valence electrons. The lowest BCUT2D eigenvalue weighted by Crippen LogP contribution is -2.04. The van der Waals surface area contributed by atoms with E-state index in [1.54, 1.807) is 0 Å². The van der Waals surface area contributed by atoms with Crippen LogP contribution >= 0.6 is 0 Å². The van der Waals surface area contributed by atoms with Crippen molar-refractivity contribution in [2.75, 3.05) is 23.7 Å². The quantitative estimate of drug-likeness (QED) is 0.251. The van der Waals surface area contributed by atoms with Crippen molar-refractivity contribution < 1.29 is 0 Å². The maximum atomic E-state index is 4.66. The summed E-state index contributed by atoms with van der Waals surface area (Å²) in [4.78, 5) is 9.32. The first-order valence-corrected chi connectivity index (χ1v) is 12.2. The lowest BCUT2D eigenvalue weighted by atomic mass is 10.1. The number of nitrogens with zero attached hydrogens (tertiary/aromatic N) is 2. The Kier molecular flexibility index (Phi) is 7.43. The maximum Gasteiger partial charge on any atom is 0.0726 e. The van der Waals surface area contributed by atoms with Crippen LogP contribution in [0.5, 0.6) is 0 Å². The van der Waals surface area contributed by atoms with Gasteiger partial charge in [-0.2, -0.15) is 0 Å². The number of aromatic nitrogens is 2. The average molecular weight is 441 g/mol. The fourth-order valence-electron chi connectivity index (χ4n) is 4.46. The summed E-state index contributed by atoms with van der Waals surface area (Å²) in [6.45, 7) is 10.4. The van der Waals surface area contributed by atoms with E-state index in [0.29, 0.717) is 0 Å². The Balaban J connectivity index is 1.18. The van der Waals surface area contributed by atoms with Crippen molar-refractivity contribution in [3.05, 3.63) is 71.0 Å². The third-order valence-corrected chi connectivity index (χ3v) is 6.17. The van der Waals surface area contributed by atoms with Crippen molar-refractivity contribution >= 4 is 33.2 Å². The summed E-state index contributed by atoms with van der Waals surface area (Å²) in [5.41, 5.74) is 9.24. The molecule has 0 aliphatic carbocycles. The molecule has 2 N–H and O–H groups in total. The number of hydrogen-bond acceptors (Lipinski definition) is 4. The molecule has 0 unspecified atom stereocenters. The van der Waals surface area contributed by atoms with Gasteiger partial charge < -0.3 is 10.6 Å². The van der Waals surface area contributed by atoms with Crippen LogP contribution in [0.15, 0.2) is 48.5 Å². The molecule has 4 heteroatoms. The number of unbranched alkanes of at least 4 members (excludes halogenated alkanes) is 4. The Morgan fingerprint density at radius 3 is 1.42 bits per heavy atom. The summed E-state index contributed by atoms with van der Waals surface area (Å²) in [7, 11) is 0. The van der Waals surface area contributed by atoms with E-state index in [2.05, 4.69) is 96.8 Å². The van der Waals surface area contributed by atoms with E-state index in [1.165, 1.54) is 65.4 Å². The summed E-state index contributed by atoms with van der Waals surface area (Å²) in [6.07, 6.45) is 6.16. The number of aryl methyl sites for hydroxylation is 4. The van der Waals surface area contributed by atoms with Gasteiger partial charge in [-0.05, 0) is 76.9 Å². The minimum atomic E-state index is 1.01. The predicted octanol–water partition coefficient (Wildman–Crippen LogP) is 7.49. The van der Waals surface area contributed by atoms with E-state index >= 15 is 0 Å². The number of fused-ring (bicyclic) bond motifs is 2. The van der Waals surface area contributed by atoms with Gasteiger partial charge in [-0.3, -0.25) is 9.97 Å². The van der Waals surface area contributed by atoms with Gasteiger partial charge >= 0.3 is 0 Å². The van der Waals surface area contributed by atoms with Crippen LogP contribution in [0.4, 0.5) is 11.4 Å². The van der Waals surface area contributed by atoms with Gasteiger partial charge in [0.25, 0.3) is 0 Å². The van der Waals surface area contributed by atoms with Crippen LogP contribution in [0.3, 0.4) is 0 Å². The molecule has 0 amide bonds. The van der Waals surface area contributed by atoms with E-state index in [0.717, 1.165) is 35.5 Å². The lowest BCUT2D eigenvalue weighted by Gasteiger charge is -2.12. The zero-order chi connectivity index (χ0) is 23.2. The molecule has 4 nitrogen and oxygen atoms in total. The molecule has 4 rings (SSSR count). The molecule has 0 aliphatic heterocycles. The molecule has 0 saturated heterocycles. The number of anilines is 2. The van der Waals surface area contributed by atoms with Gasteiger partial charge in [0, 0.05) is 46.6 Å². The molecule has 33 heavy (non-hydrogen) atoms. The molecule has 0 aliphatic rings. The summed E-state index contributed by atoms with van der Waals surface area (Å²) in [5.74, 6) is 0. The number of pyridine rings is 2. The first-order chi connectivity index (χ1) is 16.0. The second kappa shape index (κ2) is 10.7. The Hall–Kier alpha value is -3.14. The van der Waals surface area contributed by atoms with Crippen LogP contribution < -0.4 is 10.6 Å². The highest BCUT2D eigenvalue weighted by molar-refractivity contribution is 5.92. The summed E-state index contributed by atoms with van der Waals surface area (Å²) in [5, 5.41) is 9.74. The topological polar surface area (TPSA) is 49.8 Å². The number of rotatable bonds is 10. The van der Waals surface area contributed by atoms with Crippen molar-refractivity contribution in [1.82, 2.24) is 9.97 Å². The first kappa shape index (κ1) is 23.0. The maximum absolute atomic E-state index is 4.66. The Morgan fingerprint density at radius 1 is 0.545 bits per heavy atom. The van der Waals surface area contributed by atoms with Crippen molar-refractivity contribution in [2.45, 2.75) is 59.8 Å². The molecule has 2 aromatic carbocycles. The van der Waals surface area contributed by atoms with Gasteiger partial charge in [-0.15, -0.1) is 0 Å². The van der Waals surface area contributed by atoms with E-state index in [4.69, 9.17) is 0 Å². The molecule has 0 bridgehead atoms. The van der Waals surface area contributed by atoms with Gasteiger partial charge in [0.15, 0.2) is 0 Å². The third kappa shape index (κ3) is 6.01. The monoisotopic (exact) mass is 440 g/mol.